The van der Waals surface area contributed by atoms with Gasteiger partial charge in [-0.25, -0.2) is 14.1 Å². The Balaban J connectivity index is 1.48. The minimum Gasteiger partial charge on any atom is -0.464 e. The first-order valence-electron chi connectivity index (χ1n) is 16.1. The van der Waals surface area contributed by atoms with Crippen LogP contribution in [-0.2, 0) is 53.4 Å². The Kier molecular flexibility index (Phi) is 10.5. The van der Waals surface area contributed by atoms with Crippen molar-refractivity contribution in [1.82, 2.24) is 19.7 Å². The molecule has 1 unspecified atom stereocenters. The molecule has 17 heteroatoms. The predicted octanol–water partition coefficient (Wildman–Crippen LogP) is 3.73. The number of nitriles is 1. The molecule has 1 saturated heterocycles. The lowest BCUT2D eigenvalue weighted by Gasteiger charge is -2.28. The molecule has 268 valence electrons. The summed E-state index contributed by atoms with van der Waals surface area (Å²) in [6, 6.07) is 10.8. The maximum absolute atomic E-state index is 14.4. The fourth-order valence-corrected chi connectivity index (χ4v) is 6.99. The molecule has 2 fully saturated rings. The zero-order chi connectivity index (χ0) is 36.4. The van der Waals surface area contributed by atoms with Crippen LogP contribution in [0.1, 0.15) is 65.6 Å². The zero-order valence-electron chi connectivity index (χ0n) is 28.7. The van der Waals surface area contributed by atoms with E-state index in [0.29, 0.717) is 11.4 Å². The van der Waals surface area contributed by atoms with Crippen LogP contribution in [-0.4, -0.2) is 70.1 Å². The van der Waals surface area contributed by atoms with Crippen LogP contribution in [0.5, 0.6) is 5.75 Å². The topological polar surface area (TPSA) is 216 Å². The molecule has 0 amide bonds. The van der Waals surface area contributed by atoms with E-state index in [4.69, 9.17) is 33.7 Å². The van der Waals surface area contributed by atoms with Crippen LogP contribution in [0.2, 0.25) is 0 Å². The van der Waals surface area contributed by atoms with Gasteiger partial charge in [0.2, 0.25) is 5.60 Å². The number of esters is 3. The zero-order valence-corrected chi connectivity index (χ0v) is 29.5. The van der Waals surface area contributed by atoms with Gasteiger partial charge in [0.25, 0.3) is 0 Å². The molecule has 1 aliphatic carbocycles. The molecule has 3 heterocycles. The van der Waals surface area contributed by atoms with E-state index >= 15 is 0 Å². The third-order valence-electron chi connectivity index (χ3n) is 8.24. The van der Waals surface area contributed by atoms with Crippen molar-refractivity contribution < 1.29 is 46.9 Å². The van der Waals surface area contributed by atoms with Gasteiger partial charge in [-0.2, -0.15) is 15.4 Å². The molecular weight excluding hydrogens is 671 g/mol. The molecule has 0 spiro atoms. The van der Waals surface area contributed by atoms with Crippen LogP contribution >= 0.6 is 7.75 Å². The minimum absolute atomic E-state index is 0.0820. The Morgan fingerprint density at radius 3 is 2.40 bits per heavy atom. The highest BCUT2D eigenvalue weighted by atomic mass is 31.2. The number of carbonyl (C=O) groups is 3. The minimum atomic E-state index is -4.46. The van der Waals surface area contributed by atoms with Crippen molar-refractivity contribution >= 4 is 37.0 Å². The normalized spacial score (nSPS) is 23.7. The van der Waals surface area contributed by atoms with Crippen LogP contribution < -0.4 is 15.3 Å². The number of nitrogens with one attached hydrogen (secondary N) is 1. The number of benzene rings is 1. The summed E-state index contributed by atoms with van der Waals surface area (Å²) >= 11 is 0. The maximum Gasteiger partial charge on any atom is 0.459 e. The van der Waals surface area contributed by atoms with E-state index in [1.165, 1.54) is 23.8 Å². The highest BCUT2D eigenvalue weighted by molar-refractivity contribution is 7.52. The fraction of sp³-hybridized carbons (Fsp3) is 0.515. The van der Waals surface area contributed by atoms with Crippen LogP contribution in [0, 0.1) is 17.2 Å². The molecule has 2 aromatic heterocycles. The second kappa shape index (κ2) is 14.4. The maximum atomic E-state index is 14.4. The summed E-state index contributed by atoms with van der Waals surface area (Å²) in [6.45, 7) is 9.42. The summed E-state index contributed by atoms with van der Waals surface area (Å²) in [5, 5.41) is 17.5. The molecule has 16 nitrogen and oxygen atoms in total. The van der Waals surface area contributed by atoms with Crippen LogP contribution in [0.3, 0.4) is 0 Å². The SMILES string of the molecule is CC(=O)O[C@H]1[C@@H](OC(C)=O)[C@](C#N)(c2ccc3c(N)ncnn23)O[C@@H]1COP(=O)(N[C@@H](C)C(=O)OCC1CC1)Oc1ccc(C(C)(C)C)cc1. The van der Waals surface area contributed by atoms with E-state index < -0.39 is 62.2 Å². The van der Waals surface area contributed by atoms with E-state index in [9.17, 15) is 24.2 Å². The summed E-state index contributed by atoms with van der Waals surface area (Å²) < 4.78 is 50.3. The number of fused-ring (bicyclic) bond motifs is 1. The second-order valence-electron chi connectivity index (χ2n) is 13.4. The molecular formula is C33H41N6O10P. The predicted molar refractivity (Wildman–Crippen MR) is 176 cm³/mol. The number of nitrogen functional groups attached to an aromatic ring is 1. The standard InChI is InChI=1S/C33H41N6O10P/c1-19(31(42)44-15-22-7-8-22)38-50(43,49-24-11-9-23(10-12-24)32(4,5)6)45-16-26-28(46-20(2)40)29(47-21(3)41)33(17-34,48-26)27-14-13-25-30(35)36-18-37-39(25)27/h9-14,18-19,22,26,28-29H,7-8,15-16H2,1-6H3,(H,38,43)(H2,35,36,37)/t19-,26+,28+,29+,33-,50?/m0/s1. The Bertz CT molecular complexity index is 1830. The van der Waals surface area contributed by atoms with Crippen molar-refractivity contribution in [3.05, 3.63) is 54.0 Å². The first kappa shape index (κ1) is 36.7. The summed E-state index contributed by atoms with van der Waals surface area (Å²) in [4.78, 5) is 41.5. The van der Waals surface area contributed by atoms with E-state index in [1.54, 1.807) is 18.2 Å². The molecule has 0 radical (unpaired) electrons. The Morgan fingerprint density at radius 1 is 1.12 bits per heavy atom. The van der Waals surface area contributed by atoms with Crippen LogP contribution in [0.15, 0.2) is 42.7 Å². The number of nitrogens with zero attached hydrogens (tertiary/aromatic N) is 4. The number of anilines is 1. The molecule has 3 aromatic rings. The van der Waals surface area contributed by atoms with Gasteiger partial charge in [-0.15, -0.1) is 0 Å². The number of ether oxygens (including phenoxy) is 4. The van der Waals surface area contributed by atoms with Gasteiger partial charge in [0, 0.05) is 13.8 Å². The molecule has 2 aliphatic rings. The largest absolute Gasteiger partial charge is 0.464 e. The lowest BCUT2D eigenvalue weighted by atomic mass is 9.87. The molecule has 1 aromatic carbocycles. The summed E-state index contributed by atoms with van der Waals surface area (Å²) in [7, 11) is -4.46. The summed E-state index contributed by atoms with van der Waals surface area (Å²) in [5.41, 5.74) is 5.12. The average Bonchev–Trinajstić information content (AvgIpc) is 3.70. The number of aromatic nitrogens is 3. The average molecular weight is 713 g/mol. The van der Waals surface area contributed by atoms with Gasteiger partial charge in [-0.3, -0.25) is 18.9 Å². The first-order valence-corrected chi connectivity index (χ1v) is 17.6. The fourth-order valence-electron chi connectivity index (χ4n) is 5.49. The van der Waals surface area contributed by atoms with E-state index in [2.05, 4.69) is 21.2 Å². The van der Waals surface area contributed by atoms with Crippen molar-refractivity contribution in [2.75, 3.05) is 18.9 Å². The van der Waals surface area contributed by atoms with Crippen molar-refractivity contribution in [2.45, 2.75) is 89.8 Å². The monoisotopic (exact) mass is 712 g/mol. The van der Waals surface area contributed by atoms with Gasteiger partial charge in [-0.05, 0) is 60.9 Å². The highest BCUT2D eigenvalue weighted by Crippen LogP contribution is 2.48. The number of carbonyl (C=O) groups excluding carboxylic acids is 3. The van der Waals surface area contributed by atoms with E-state index in [1.807, 2.05) is 32.9 Å². The third kappa shape index (κ3) is 8.08. The molecule has 3 N–H and O–H groups in total. The smallest absolute Gasteiger partial charge is 0.459 e. The molecule has 50 heavy (non-hydrogen) atoms. The van der Waals surface area contributed by atoms with Gasteiger partial charge in [-0.1, -0.05) is 32.9 Å². The summed E-state index contributed by atoms with van der Waals surface area (Å²) in [6.07, 6.45) is -1.26. The Morgan fingerprint density at radius 2 is 1.80 bits per heavy atom. The van der Waals surface area contributed by atoms with E-state index in [0.717, 1.165) is 32.3 Å². The molecule has 5 rings (SSSR count). The molecule has 0 bridgehead atoms. The molecule has 6 atom stereocenters. The van der Waals surface area contributed by atoms with Crippen molar-refractivity contribution in [2.24, 2.45) is 5.92 Å². The quantitative estimate of drug-likeness (QED) is 0.147. The number of nitrogens with two attached hydrogens (primary N) is 1. The molecule has 1 aliphatic heterocycles. The van der Waals surface area contributed by atoms with E-state index in [-0.39, 0.29) is 29.3 Å². The Labute approximate surface area is 289 Å². The van der Waals surface area contributed by atoms with Crippen molar-refractivity contribution in [3.63, 3.8) is 0 Å². The third-order valence-corrected chi connectivity index (χ3v) is 9.89. The second-order valence-corrected chi connectivity index (χ2v) is 15.0. The van der Waals surface area contributed by atoms with Gasteiger partial charge in [0.1, 0.15) is 35.8 Å². The van der Waals surface area contributed by atoms with Gasteiger partial charge < -0.3 is 29.2 Å². The summed E-state index contributed by atoms with van der Waals surface area (Å²) in [5.74, 6) is -1.69. The van der Waals surface area contributed by atoms with Gasteiger partial charge in [0.15, 0.2) is 18.0 Å². The van der Waals surface area contributed by atoms with Crippen molar-refractivity contribution in [1.29, 1.82) is 5.26 Å². The lowest BCUT2D eigenvalue weighted by Crippen LogP contribution is -2.45. The van der Waals surface area contributed by atoms with Crippen LogP contribution in [0.25, 0.3) is 5.52 Å². The van der Waals surface area contributed by atoms with Crippen molar-refractivity contribution in [3.8, 4) is 11.8 Å². The Hall–Kier alpha value is -4.55. The lowest BCUT2D eigenvalue weighted by molar-refractivity contribution is -0.166. The number of hydrogen-bond donors (Lipinski definition) is 2. The first-order chi connectivity index (χ1) is 23.5. The van der Waals surface area contributed by atoms with Gasteiger partial charge >= 0.3 is 25.7 Å². The highest BCUT2D eigenvalue weighted by Gasteiger charge is 2.62. The van der Waals surface area contributed by atoms with Crippen LogP contribution in [0.4, 0.5) is 5.82 Å². The molecule has 1 saturated carbocycles. The number of rotatable bonds is 13. The van der Waals surface area contributed by atoms with Gasteiger partial charge in [0.05, 0.1) is 18.9 Å². The number of hydrogen-bond acceptors (Lipinski definition) is 14.